The normalized spacial score (nSPS) is 31.6. The van der Waals surface area contributed by atoms with Crippen LogP contribution in [0.4, 0.5) is 0 Å². The van der Waals surface area contributed by atoms with E-state index in [2.05, 4.69) is 30.6 Å². The SMILES string of the molecule is CNC(c1cccc(OC)c1)C1CC2CCC1C2. The monoisotopic (exact) mass is 245 g/mol. The summed E-state index contributed by atoms with van der Waals surface area (Å²) in [6.07, 6.45) is 5.79. The van der Waals surface area contributed by atoms with Gasteiger partial charge in [-0.15, -0.1) is 0 Å². The Balaban J connectivity index is 1.83. The van der Waals surface area contributed by atoms with Gasteiger partial charge in [0.2, 0.25) is 0 Å². The van der Waals surface area contributed by atoms with E-state index in [0.29, 0.717) is 6.04 Å². The van der Waals surface area contributed by atoms with Crippen LogP contribution in [-0.2, 0) is 0 Å². The first-order valence-corrected chi connectivity index (χ1v) is 7.13. The van der Waals surface area contributed by atoms with Crippen LogP contribution in [-0.4, -0.2) is 14.2 Å². The molecule has 2 aliphatic rings. The fourth-order valence-corrected chi connectivity index (χ4v) is 4.17. The van der Waals surface area contributed by atoms with Crippen molar-refractivity contribution < 1.29 is 4.74 Å². The maximum Gasteiger partial charge on any atom is 0.119 e. The summed E-state index contributed by atoms with van der Waals surface area (Å²) < 4.78 is 5.35. The van der Waals surface area contributed by atoms with Crippen LogP contribution in [0.15, 0.2) is 24.3 Å². The molecule has 2 aliphatic carbocycles. The molecule has 2 saturated carbocycles. The van der Waals surface area contributed by atoms with Crippen LogP contribution in [0.3, 0.4) is 0 Å². The number of nitrogens with one attached hydrogen (secondary N) is 1. The highest BCUT2D eigenvalue weighted by atomic mass is 16.5. The van der Waals surface area contributed by atoms with Gasteiger partial charge in [-0.25, -0.2) is 0 Å². The number of benzene rings is 1. The molecule has 0 saturated heterocycles. The average Bonchev–Trinajstić information content (AvgIpc) is 3.02. The van der Waals surface area contributed by atoms with Crippen LogP contribution in [0.1, 0.15) is 37.3 Å². The van der Waals surface area contributed by atoms with Crippen LogP contribution >= 0.6 is 0 Å². The molecule has 2 heteroatoms. The van der Waals surface area contributed by atoms with Gasteiger partial charge in [-0.3, -0.25) is 0 Å². The molecule has 1 aromatic carbocycles. The number of hydrogen-bond donors (Lipinski definition) is 1. The molecule has 0 spiro atoms. The Morgan fingerprint density at radius 1 is 1.28 bits per heavy atom. The van der Waals surface area contributed by atoms with Gasteiger partial charge in [-0.05, 0) is 61.8 Å². The molecule has 0 aliphatic heterocycles. The summed E-state index contributed by atoms with van der Waals surface area (Å²) in [6, 6.07) is 9.04. The molecule has 0 radical (unpaired) electrons. The summed E-state index contributed by atoms with van der Waals surface area (Å²) in [5.74, 6) is 3.73. The molecule has 2 nitrogen and oxygen atoms in total. The molecule has 1 N–H and O–H groups in total. The zero-order valence-electron chi connectivity index (χ0n) is 11.4. The van der Waals surface area contributed by atoms with Gasteiger partial charge < -0.3 is 10.1 Å². The third-order valence-corrected chi connectivity index (χ3v) is 4.98. The third kappa shape index (κ3) is 2.03. The molecule has 98 valence electrons. The van der Waals surface area contributed by atoms with E-state index in [0.717, 1.165) is 23.5 Å². The topological polar surface area (TPSA) is 21.3 Å². The van der Waals surface area contributed by atoms with Crippen LogP contribution < -0.4 is 10.1 Å². The Morgan fingerprint density at radius 3 is 2.78 bits per heavy atom. The van der Waals surface area contributed by atoms with Crippen molar-refractivity contribution in [3.8, 4) is 5.75 Å². The van der Waals surface area contributed by atoms with Crippen molar-refractivity contribution in [1.82, 2.24) is 5.32 Å². The molecule has 0 aromatic heterocycles. The highest BCUT2D eigenvalue weighted by molar-refractivity contribution is 5.31. The van der Waals surface area contributed by atoms with Crippen LogP contribution in [0.25, 0.3) is 0 Å². The minimum atomic E-state index is 0.496. The van der Waals surface area contributed by atoms with Gasteiger partial charge in [0.1, 0.15) is 5.75 Å². The van der Waals surface area contributed by atoms with Crippen molar-refractivity contribution in [2.75, 3.05) is 14.2 Å². The lowest BCUT2D eigenvalue weighted by atomic mass is 9.80. The molecule has 2 fully saturated rings. The Kier molecular flexibility index (Phi) is 3.29. The van der Waals surface area contributed by atoms with Gasteiger partial charge in [-0.2, -0.15) is 0 Å². The summed E-state index contributed by atoms with van der Waals surface area (Å²) in [7, 11) is 3.83. The van der Waals surface area contributed by atoms with E-state index in [9.17, 15) is 0 Å². The molecule has 4 atom stereocenters. The van der Waals surface area contributed by atoms with Crippen molar-refractivity contribution in [3.63, 3.8) is 0 Å². The van der Waals surface area contributed by atoms with Crippen LogP contribution in [0.2, 0.25) is 0 Å². The summed E-state index contributed by atoms with van der Waals surface area (Å²) in [5, 5.41) is 3.54. The van der Waals surface area contributed by atoms with E-state index in [-0.39, 0.29) is 0 Å². The molecular weight excluding hydrogens is 222 g/mol. The van der Waals surface area contributed by atoms with Crippen molar-refractivity contribution in [3.05, 3.63) is 29.8 Å². The quantitative estimate of drug-likeness (QED) is 0.878. The predicted molar refractivity (Wildman–Crippen MR) is 73.7 cm³/mol. The zero-order chi connectivity index (χ0) is 12.5. The fraction of sp³-hybridized carbons (Fsp3) is 0.625. The smallest absolute Gasteiger partial charge is 0.119 e. The number of fused-ring (bicyclic) bond motifs is 2. The van der Waals surface area contributed by atoms with Crippen LogP contribution in [0, 0.1) is 17.8 Å². The lowest BCUT2D eigenvalue weighted by Crippen LogP contribution is -2.28. The predicted octanol–water partition coefficient (Wildman–Crippen LogP) is 3.39. The van der Waals surface area contributed by atoms with E-state index in [1.54, 1.807) is 7.11 Å². The molecule has 3 rings (SSSR count). The number of ether oxygens (including phenoxy) is 1. The standard InChI is InChI=1S/C16H23NO/c1-17-16(13-4-3-5-14(10-13)18-2)15-9-11-6-7-12(15)8-11/h3-5,10-12,15-17H,6-9H2,1-2H3. The molecule has 0 heterocycles. The Bertz CT molecular complexity index is 417. The molecule has 18 heavy (non-hydrogen) atoms. The Morgan fingerprint density at radius 2 is 2.17 bits per heavy atom. The number of methoxy groups -OCH3 is 1. The van der Waals surface area contributed by atoms with Crippen molar-refractivity contribution >= 4 is 0 Å². The highest BCUT2D eigenvalue weighted by Crippen LogP contribution is 2.52. The average molecular weight is 245 g/mol. The minimum absolute atomic E-state index is 0.496. The third-order valence-electron chi connectivity index (χ3n) is 4.98. The summed E-state index contributed by atoms with van der Waals surface area (Å²) in [5.41, 5.74) is 1.38. The highest BCUT2D eigenvalue weighted by Gasteiger charge is 2.43. The fourth-order valence-electron chi connectivity index (χ4n) is 4.17. The van der Waals surface area contributed by atoms with Crippen LogP contribution in [0.5, 0.6) is 5.75 Å². The molecule has 1 aromatic rings. The Hall–Kier alpha value is -1.02. The van der Waals surface area contributed by atoms with Gasteiger partial charge in [0, 0.05) is 6.04 Å². The second-order valence-electron chi connectivity index (χ2n) is 5.88. The first-order valence-electron chi connectivity index (χ1n) is 7.13. The first kappa shape index (κ1) is 12.0. The zero-order valence-corrected chi connectivity index (χ0v) is 11.4. The van der Waals surface area contributed by atoms with Gasteiger partial charge in [0.15, 0.2) is 0 Å². The van der Waals surface area contributed by atoms with Gasteiger partial charge in [0.25, 0.3) is 0 Å². The molecule has 0 amide bonds. The van der Waals surface area contributed by atoms with E-state index >= 15 is 0 Å². The van der Waals surface area contributed by atoms with E-state index < -0.39 is 0 Å². The lowest BCUT2D eigenvalue weighted by Gasteiger charge is -2.30. The molecule has 2 bridgehead atoms. The molecule has 4 unspecified atom stereocenters. The Labute approximate surface area is 110 Å². The second kappa shape index (κ2) is 4.93. The first-order chi connectivity index (χ1) is 8.81. The van der Waals surface area contributed by atoms with E-state index in [4.69, 9.17) is 4.74 Å². The summed E-state index contributed by atoms with van der Waals surface area (Å²) in [6.45, 7) is 0. The van der Waals surface area contributed by atoms with E-state index in [1.165, 1.54) is 31.2 Å². The summed E-state index contributed by atoms with van der Waals surface area (Å²) in [4.78, 5) is 0. The molecular formula is C16H23NO. The van der Waals surface area contributed by atoms with Gasteiger partial charge in [-0.1, -0.05) is 18.6 Å². The minimum Gasteiger partial charge on any atom is -0.497 e. The maximum atomic E-state index is 5.35. The van der Waals surface area contributed by atoms with Crippen molar-refractivity contribution in [2.24, 2.45) is 17.8 Å². The van der Waals surface area contributed by atoms with Gasteiger partial charge in [0.05, 0.1) is 7.11 Å². The van der Waals surface area contributed by atoms with E-state index in [1.807, 2.05) is 6.07 Å². The second-order valence-corrected chi connectivity index (χ2v) is 5.88. The van der Waals surface area contributed by atoms with Gasteiger partial charge >= 0.3 is 0 Å². The van der Waals surface area contributed by atoms with Crippen molar-refractivity contribution in [2.45, 2.75) is 31.7 Å². The lowest BCUT2D eigenvalue weighted by molar-refractivity contribution is 0.259. The number of hydrogen-bond acceptors (Lipinski definition) is 2. The largest absolute Gasteiger partial charge is 0.497 e. The van der Waals surface area contributed by atoms with Crippen molar-refractivity contribution in [1.29, 1.82) is 0 Å². The maximum absolute atomic E-state index is 5.35. The summed E-state index contributed by atoms with van der Waals surface area (Å²) >= 11 is 0. The number of rotatable bonds is 4.